The number of ether oxygens (including phenoxy) is 1. The molecule has 1 aliphatic rings. The van der Waals surface area contributed by atoms with Crippen molar-refractivity contribution in [2.75, 3.05) is 12.4 Å². The van der Waals surface area contributed by atoms with Crippen LogP contribution < -0.4 is 15.6 Å². The summed E-state index contributed by atoms with van der Waals surface area (Å²) in [4.78, 5) is 12.1. The summed E-state index contributed by atoms with van der Waals surface area (Å²) in [5, 5.41) is 21.2. The summed E-state index contributed by atoms with van der Waals surface area (Å²) in [7, 11) is 1.61. The molecule has 0 aliphatic carbocycles. The molecule has 1 aromatic carbocycles. The van der Waals surface area contributed by atoms with Crippen LogP contribution in [-0.4, -0.2) is 37.5 Å². The summed E-state index contributed by atoms with van der Waals surface area (Å²) in [5.74, 6) is 1.16. The number of hydrogen-bond donors (Lipinski definition) is 2. The number of nitrogens with one attached hydrogen (secondary N) is 2. The van der Waals surface area contributed by atoms with Crippen LogP contribution in [0, 0.1) is 6.92 Å². The minimum Gasteiger partial charge on any atom is -0.497 e. The quantitative estimate of drug-likeness (QED) is 0.562. The molecule has 23 heavy (non-hydrogen) atoms. The molecule has 0 saturated heterocycles. The number of aryl methyl sites for hydroxylation is 1. The highest BCUT2D eigenvalue weighted by Gasteiger charge is 2.32. The second-order valence-corrected chi connectivity index (χ2v) is 5.17. The van der Waals surface area contributed by atoms with Crippen molar-refractivity contribution >= 4 is 11.6 Å². The van der Waals surface area contributed by atoms with E-state index < -0.39 is 0 Å². The highest BCUT2D eigenvalue weighted by Crippen LogP contribution is 2.37. The molecule has 1 aliphatic heterocycles. The second-order valence-electron chi connectivity index (χ2n) is 5.17. The Morgan fingerprint density at radius 2 is 2.04 bits per heavy atom. The van der Waals surface area contributed by atoms with Gasteiger partial charge in [0, 0.05) is 5.56 Å². The van der Waals surface area contributed by atoms with Gasteiger partial charge in [0.15, 0.2) is 0 Å². The second kappa shape index (κ2) is 4.90. The largest absolute Gasteiger partial charge is 0.497 e. The molecule has 0 amide bonds. The van der Waals surface area contributed by atoms with Gasteiger partial charge in [0.2, 0.25) is 5.95 Å². The molecular weight excluding hydrogens is 298 g/mol. The Morgan fingerprint density at radius 3 is 2.78 bits per heavy atom. The molecule has 3 heterocycles. The average Bonchev–Trinajstić information content (AvgIpc) is 3.05. The number of fused-ring (bicyclic) bond motifs is 2. The smallest absolute Gasteiger partial charge is 0.288 e. The van der Waals surface area contributed by atoms with Gasteiger partial charge in [-0.05, 0) is 35.0 Å². The van der Waals surface area contributed by atoms with Gasteiger partial charge in [-0.1, -0.05) is 17.2 Å². The average molecular weight is 311 g/mol. The molecule has 9 heteroatoms. The van der Waals surface area contributed by atoms with E-state index in [0.717, 1.165) is 16.9 Å². The van der Waals surface area contributed by atoms with E-state index in [0.29, 0.717) is 17.3 Å². The Labute approximate surface area is 130 Å². The highest BCUT2D eigenvalue weighted by atomic mass is 16.5. The van der Waals surface area contributed by atoms with Gasteiger partial charge in [-0.15, -0.1) is 0 Å². The van der Waals surface area contributed by atoms with Crippen LogP contribution in [0.25, 0.3) is 0 Å². The topological polar surface area (TPSA) is 111 Å². The summed E-state index contributed by atoms with van der Waals surface area (Å²) in [6, 6.07) is 7.22. The molecule has 4 rings (SSSR count). The molecule has 0 spiro atoms. The van der Waals surface area contributed by atoms with Crippen molar-refractivity contribution in [3.05, 3.63) is 51.4 Å². The third-order valence-corrected chi connectivity index (χ3v) is 3.89. The zero-order valence-electron chi connectivity index (χ0n) is 12.4. The maximum absolute atomic E-state index is 12.1. The van der Waals surface area contributed by atoms with Crippen molar-refractivity contribution in [1.29, 1.82) is 0 Å². The number of methoxy groups -OCH3 is 1. The molecule has 2 N–H and O–H groups in total. The molecule has 0 bridgehead atoms. The lowest BCUT2D eigenvalue weighted by Gasteiger charge is -2.27. The standard InChI is InChI=1S/C14H13N7O2/c1-7-10-11(13(22)17-16-7)15-14-18-19-20-21(14)12(10)8-3-5-9(23-2)6-4-8/h3-6,12H,1-2H3,(H,17,22)(H,15,18,20)/t12-/m1/s1. The SMILES string of the molecule is COc1ccc([C@@H]2c3c(C)n[nH]c(=O)c3Nc3nnnn32)cc1. The number of hydrogen-bond acceptors (Lipinski definition) is 7. The number of H-pyrrole nitrogens is 1. The normalized spacial score (nSPS) is 15.5. The van der Waals surface area contributed by atoms with Crippen LogP contribution in [0.1, 0.15) is 22.9 Å². The molecule has 0 fully saturated rings. The van der Waals surface area contributed by atoms with E-state index in [-0.39, 0.29) is 11.6 Å². The van der Waals surface area contributed by atoms with Crippen LogP contribution in [-0.2, 0) is 0 Å². The predicted molar refractivity (Wildman–Crippen MR) is 80.9 cm³/mol. The first-order valence-electron chi connectivity index (χ1n) is 6.97. The van der Waals surface area contributed by atoms with E-state index >= 15 is 0 Å². The van der Waals surface area contributed by atoms with Gasteiger partial charge in [-0.25, -0.2) is 5.10 Å². The van der Waals surface area contributed by atoms with Crippen molar-refractivity contribution in [2.45, 2.75) is 13.0 Å². The Balaban J connectivity index is 1.97. The van der Waals surface area contributed by atoms with Crippen molar-refractivity contribution < 1.29 is 4.74 Å². The number of nitrogens with zero attached hydrogens (tertiary/aromatic N) is 5. The molecule has 116 valence electrons. The minimum atomic E-state index is -0.336. The maximum Gasteiger partial charge on any atom is 0.288 e. The van der Waals surface area contributed by atoms with Gasteiger partial charge in [0.1, 0.15) is 17.5 Å². The fourth-order valence-corrected chi connectivity index (χ4v) is 2.79. The lowest BCUT2D eigenvalue weighted by atomic mass is 9.95. The van der Waals surface area contributed by atoms with E-state index in [4.69, 9.17) is 4.74 Å². The van der Waals surface area contributed by atoms with Gasteiger partial charge in [0.25, 0.3) is 5.56 Å². The minimum absolute atomic E-state index is 0.307. The molecule has 0 unspecified atom stereocenters. The van der Waals surface area contributed by atoms with E-state index in [2.05, 4.69) is 31.0 Å². The van der Waals surface area contributed by atoms with Crippen molar-refractivity contribution in [3.63, 3.8) is 0 Å². The number of anilines is 2. The summed E-state index contributed by atoms with van der Waals surface area (Å²) >= 11 is 0. The third-order valence-electron chi connectivity index (χ3n) is 3.89. The zero-order valence-corrected chi connectivity index (χ0v) is 12.4. The van der Waals surface area contributed by atoms with Gasteiger partial charge < -0.3 is 10.1 Å². The molecule has 0 saturated carbocycles. The third kappa shape index (κ3) is 1.97. The first kappa shape index (κ1) is 13.4. The first-order valence-corrected chi connectivity index (χ1v) is 6.97. The fourth-order valence-electron chi connectivity index (χ4n) is 2.79. The number of tetrazole rings is 1. The highest BCUT2D eigenvalue weighted by molar-refractivity contribution is 5.64. The lowest BCUT2D eigenvalue weighted by molar-refractivity contribution is 0.414. The first-order chi connectivity index (χ1) is 11.2. The Kier molecular flexibility index (Phi) is 2.86. The zero-order chi connectivity index (χ0) is 16.0. The summed E-state index contributed by atoms with van der Waals surface area (Å²) in [5.41, 5.74) is 2.49. The summed E-state index contributed by atoms with van der Waals surface area (Å²) in [6.07, 6.45) is 0. The molecule has 0 radical (unpaired) electrons. The number of aromatic amines is 1. The van der Waals surface area contributed by atoms with E-state index in [1.165, 1.54) is 0 Å². The number of benzene rings is 1. The molecule has 1 atom stereocenters. The van der Waals surface area contributed by atoms with Crippen LogP contribution in [0.3, 0.4) is 0 Å². The molecule has 9 nitrogen and oxygen atoms in total. The molecule has 2 aromatic heterocycles. The van der Waals surface area contributed by atoms with E-state index in [1.54, 1.807) is 11.8 Å². The van der Waals surface area contributed by atoms with Crippen LogP contribution in [0.2, 0.25) is 0 Å². The van der Waals surface area contributed by atoms with Crippen LogP contribution in [0.5, 0.6) is 5.75 Å². The van der Waals surface area contributed by atoms with Crippen LogP contribution in [0.15, 0.2) is 29.1 Å². The molecular formula is C14H13N7O2. The summed E-state index contributed by atoms with van der Waals surface area (Å²) < 4.78 is 6.83. The number of aromatic nitrogens is 6. The van der Waals surface area contributed by atoms with Crippen molar-refractivity contribution in [1.82, 2.24) is 30.4 Å². The summed E-state index contributed by atoms with van der Waals surface area (Å²) in [6.45, 7) is 1.84. The molecule has 3 aromatic rings. The van der Waals surface area contributed by atoms with E-state index in [1.807, 2.05) is 31.2 Å². The van der Waals surface area contributed by atoms with Gasteiger partial charge in [-0.2, -0.15) is 9.78 Å². The monoisotopic (exact) mass is 311 g/mol. The van der Waals surface area contributed by atoms with Gasteiger partial charge in [-0.3, -0.25) is 4.79 Å². The Morgan fingerprint density at radius 1 is 1.26 bits per heavy atom. The van der Waals surface area contributed by atoms with Crippen LogP contribution in [0.4, 0.5) is 11.6 Å². The van der Waals surface area contributed by atoms with Crippen LogP contribution >= 0.6 is 0 Å². The van der Waals surface area contributed by atoms with E-state index in [9.17, 15) is 4.79 Å². The van der Waals surface area contributed by atoms with Crippen molar-refractivity contribution in [3.8, 4) is 5.75 Å². The predicted octanol–water partition coefficient (Wildman–Crippen LogP) is 0.768. The van der Waals surface area contributed by atoms with Crippen molar-refractivity contribution in [2.24, 2.45) is 0 Å². The lowest BCUT2D eigenvalue weighted by Crippen LogP contribution is -2.29. The van der Waals surface area contributed by atoms with Gasteiger partial charge >= 0.3 is 0 Å². The maximum atomic E-state index is 12.1. The Bertz CT molecular complexity index is 929. The Hall–Kier alpha value is -3.23. The number of rotatable bonds is 2. The fraction of sp³-hybridized carbons (Fsp3) is 0.214. The van der Waals surface area contributed by atoms with Gasteiger partial charge in [0.05, 0.1) is 12.8 Å².